The van der Waals surface area contributed by atoms with Crippen LogP contribution in [0.15, 0.2) is 73.1 Å². The molecule has 0 saturated heterocycles. The predicted octanol–water partition coefficient (Wildman–Crippen LogP) is 5.25. The lowest BCUT2D eigenvalue weighted by atomic mass is 10.0. The number of halogens is 1. The Morgan fingerprint density at radius 3 is 2.55 bits per heavy atom. The zero-order valence-corrected chi connectivity index (χ0v) is 17.8. The first kappa shape index (κ1) is 20.6. The molecule has 164 valence electrons. The van der Waals surface area contributed by atoms with Gasteiger partial charge in [0.05, 0.1) is 0 Å². The van der Waals surface area contributed by atoms with Gasteiger partial charge in [-0.3, -0.25) is 9.78 Å². The average Bonchev–Trinajstić information content (AvgIpc) is 3.12. The maximum atomic E-state index is 14.1. The molecule has 0 unspecified atom stereocenters. The highest BCUT2D eigenvalue weighted by atomic mass is 19.1. The number of amides is 1. The fourth-order valence-electron chi connectivity index (χ4n) is 3.91. The van der Waals surface area contributed by atoms with Gasteiger partial charge in [-0.05, 0) is 59.5 Å². The Bertz CT molecular complexity index is 1360. The maximum Gasteiger partial charge on any atom is 0.260 e. The van der Waals surface area contributed by atoms with Gasteiger partial charge in [-0.1, -0.05) is 24.3 Å². The Labute approximate surface area is 189 Å². The van der Waals surface area contributed by atoms with Crippen LogP contribution in [0.4, 0.5) is 4.39 Å². The van der Waals surface area contributed by atoms with Crippen LogP contribution in [0.3, 0.4) is 0 Å². The van der Waals surface area contributed by atoms with Crippen molar-refractivity contribution in [2.75, 3.05) is 0 Å². The summed E-state index contributed by atoms with van der Waals surface area (Å²) in [4.78, 5) is 23.2. The number of aromatic nitrogens is 2. The van der Waals surface area contributed by atoms with Crippen LogP contribution in [0.5, 0.6) is 17.4 Å². The van der Waals surface area contributed by atoms with E-state index in [2.05, 4.69) is 9.97 Å². The number of hydrogen-bond donors (Lipinski definition) is 1. The van der Waals surface area contributed by atoms with Crippen molar-refractivity contribution in [3.05, 3.63) is 101 Å². The molecule has 4 aromatic rings. The maximum absolute atomic E-state index is 14.1. The smallest absolute Gasteiger partial charge is 0.260 e. The topological polar surface area (TPSA) is 75.6 Å². The summed E-state index contributed by atoms with van der Waals surface area (Å²) >= 11 is 0. The lowest BCUT2D eigenvalue weighted by Crippen LogP contribution is -2.23. The van der Waals surface area contributed by atoms with E-state index in [0.717, 1.165) is 34.0 Å². The largest absolute Gasteiger partial charge is 0.508 e. The fourth-order valence-corrected chi connectivity index (χ4v) is 3.91. The summed E-state index contributed by atoms with van der Waals surface area (Å²) in [5.74, 6) is -1.23. The minimum atomic E-state index is -0.735. The van der Waals surface area contributed by atoms with Gasteiger partial charge in [-0.2, -0.15) is 0 Å². The lowest BCUT2D eigenvalue weighted by Gasteiger charge is -2.16. The molecule has 0 saturated carbocycles. The standard InChI is InChI=1S/C26H20FN3O3/c1-16-12-19(8-10-28-16)18-4-2-17(3-5-18)14-30-15-20-9-11-29-25(24(20)26(30)32)33-23-7-6-21(31)13-22(23)27/h2-13,31H,14-15H2,1H3. The Balaban J connectivity index is 1.35. The van der Waals surface area contributed by atoms with Crippen molar-refractivity contribution >= 4 is 5.91 Å². The Morgan fingerprint density at radius 2 is 1.79 bits per heavy atom. The SMILES string of the molecule is Cc1cc(-c2ccc(CN3Cc4ccnc(Oc5ccc(O)cc5F)c4C3=O)cc2)ccn1. The number of fused-ring (bicyclic) bond motifs is 1. The second-order valence-corrected chi connectivity index (χ2v) is 7.91. The zero-order chi connectivity index (χ0) is 22.9. The molecule has 2 aromatic carbocycles. The number of aromatic hydroxyl groups is 1. The fraction of sp³-hybridized carbons (Fsp3) is 0.115. The molecule has 0 atom stereocenters. The van der Waals surface area contributed by atoms with Crippen molar-refractivity contribution < 1.29 is 19.0 Å². The molecule has 0 fully saturated rings. The quantitative estimate of drug-likeness (QED) is 0.458. The van der Waals surface area contributed by atoms with Crippen molar-refractivity contribution in [3.8, 4) is 28.5 Å². The Morgan fingerprint density at radius 1 is 1.00 bits per heavy atom. The van der Waals surface area contributed by atoms with Gasteiger partial charge in [0.15, 0.2) is 11.6 Å². The van der Waals surface area contributed by atoms with Gasteiger partial charge < -0.3 is 14.7 Å². The summed E-state index contributed by atoms with van der Waals surface area (Å²) in [7, 11) is 0. The highest BCUT2D eigenvalue weighted by Crippen LogP contribution is 2.34. The number of carbonyl (C=O) groups excluding carboxylic acids is 1. The molecule has 1 aliphatic heterocycles. The molecular weight excluding hydrogens is 421 g/mol. The van der Waals surface area contributed by atoms with Crippen LogP contribution >= 0.6 is 0 Å². The van der Waals surface area contributed by atoms with Crippen molar-refractivity contribution in [1.29, 1.82) is 0 Å². The number of rotatable bonds is 5. The highest BCUT2D eigenvalue weighted by Gasteiger charge is 2.32. The summed E-state index contributed by atoms with van der Waals surface area (Å²) < 4.78 is 19.7. The molecular formula is C26H20FN3O3. The molecule has 7 heteroatoms. The summed E-state index contributed by atoms with van der Waals surface area (Å²) in [5.41, 5.74) is 5.22. The second kappa shape index (κ2) is 8.35. The van der Waals surface area contributed by atoms with Gasteiger partial charge in [0.25, 0.3) is 5.91 Å². The van der Waals surface area contributed by atoms with Crippen LogP contribution in [-0.4, -0.2) is 25.9 Å². The molecule has 5 rings (SSSR count). The highest BCUT2D eigenvalue weighted by molar-refractivity contribution is 6.00. The number of carbonyl (C=O) groups is 1. The van der Waals surface area contributed by atoms with Gasteiger partial charge in [-0.15, -0.1) is 0 Å². The molecule has 0 aliphatic carbocycles. The van der Waals surface area contributed by atoms with Crippen LogP contribution in [-0.2, 0) is 13.1 Å². The van der Waals surface area contributed by atoms with Gasteiger partial charge in [-0.25, -0.2) is 9.37 Å². The minimum Gasteiger partial charge on any atom is -0.508 e. The third kappa shape index (κ3) is 4.13. The molecule has 1 amide bonds. The Hall–Kier alpha value is -4.26. The van der Waals surface area contributed by atoms with Gasteiger partial charge in [0.2, 0.25) is 5.88 Å². The predicted molar refractivity (Wildman–Crippen MR) is 120 cm³/mol. The van der Waals surface area contributed by atoms with Gasteiger partial charge in [0, 0.05) is 37.2 Å². The molecule has 0 spiro atoms. The zero-order valence-electron chi connectivity index (χ0n) is 17.8. The van der Waals surface area contributed by atoms with Crippen molar-refractivity contribution in [3.63, 3.8) is 0 Å². The molecule has 6 nitrogen and oxygen atoms in total. The normalized spacial score (nSPS) is 12.7. The van der Waals surface area contributed by atoms with Crippen LogP contribution in [0.1, 0.15) is 27.2 Å². The second-order valence-electron chi connectivity index (χ2n) is 7.91. The number of pyridine rings is 2. The summed E-state index contributed by atoms with van der Waals surface area (Å²) in [5, 5.41) is 9.39. The first-order valence-corrected chi connectivity index (χ1v) is 10.4. The summed E-state index contributed by atoms with van der Waals surface area (Å²) in [6, 6.07) is 17.4. The molecule has 0 bridgehead atoms. The molecule has 0 radical (unpaired) electrons. The molecule has 3 heterocycles. The van der Waals surface area contributed by atoms with Crippen molar-refractivity contribution in [2.24, 2.45) is 0 Å². The third-order valence-corrected chi connectivity index (χ3v) is 5.54. The van der Waals surface area contributed by atoms with Gasteiger partial charge in [0.1, 0.15) is 11.3 Å². The molecule has 1 aliphatic rings. The van der Waals surface area contributed by atoms with E-state index in [-0.39, 0.29) is 23.3 Å². The van der Waals surface area contributed by atoms with Crippen LogP contribution in [0.25, 0.3) is 11.1 Å². The van der Waals surface area contributed by atoms with E-state index in [1.807, 2.05) is 43.3 Å². The van der Waals surface area contributed by atoms with Crippen LogP contribution < -0.4 is 4.74 Å². The number of aryl methyl sites for hydroxylation is 1. The molecule has 1 N–H and O–H groups in total. The van der Waals surface area contributed by atoms with Crippen LogP contribution in [0, 0.1) is 12.7 Å². The molecule has 33 heavy (non-hydrogen) atoms. The van der Waals surface area contributed by atoms with Crippen molar-refractivity contribution in [1.82, 2.24) is 14.9 Å². The van der Waals surface area contributed by atoms with E-state index in [4.69, 9.17) is 4.74 Å². The summed E-state index contributed by atoms with van der Waals surface area (Å²) in [6.45, 7) is 2.80. The van der Waals surface area contributed by atoms with E-state index in [9.17, 15) is 14.3 Å². The number of phenols is 1. The third-order valence-electron chi connectivity index (χ3n) is 5.54. The van der Waals surface area contributed by atoms with Crippen molar-refractivity contribution in [2.45, 2.75) is 20.0 Å². The molecule has 2 aromatic heterocycles. The number of nitrogens with zero attached hydrogens (tertiary/aromatic N) is 3. The van der Waals surface area contributed by atoms with E-state index >= 15 is 0 Å². The number of ether oxygens (including phenoxy) is 1. The van der Waals surface area contributed by atoms with E-state index in [1.165, 1.54) is 18.3 Å². The monoisotopic (exact) mass is 441 g/mol. The number of phenolic OH excluding ortho intramolecular Hbond substituents is 1. The van der Waals surface area contributed by atoms with E-state index in [1.54, 1.807) is 17.2 Å². The number of hydrogen-bond acceptors (Lipinski definition) is 5. The average molecular weight is 441 g/mol. The summed E-state index contributed by atoms with van der Waals surface area (Å²) in [6.07, 6.45) is 3.32. The Kier molecular flexibility index (Phi) is 5.22. The first-order chi connectivity index (χ1) is 16.0. The van der Waals surface area contributed by atoms with Crippen LogP contribution in [0.2, 0.25) is 0 Å². The minimum absolute atomic E-state index is 0.0491. The number of benzene rings is 2. The lowest BCUT2D eigenvalue weighted by molar-refractivity contribution is 0.0764. The van der Waals surface area contributed by atoms with Gasteiger partial charge >= 0.3 is 0 Å². The first-order valence-electron chi connectivity index (χ1n) is 10.4. The van der Waals surface area contributed by atoms with E-state index in [0.29, 0.717) is 18.7 Å². The van der Waals surface area contributed by atoms with E-state index < -0.39 is 5.82 Å².